The summed E-state index contributed by atoms with van der Waals surface area (Å²) in [6.07, 6.45) is 5.55. The molecule has 1 aliphatic heterocycles. The van der Waals surface area contributed by atoms with Crippen molar-refractivity contribution in [3.63, 3.8) is 0 Å². The van der Waals surface area contributed by atoms with Crippen molar-refractivity contribution in [1.82, 2.24) is 24.3 Å². The number of anilines is 2. The van der Waals surface area contributed by atoms with Crippen molar-refractivity contribution in [3.05, 3.63) is 71.2 Å². The highest BCUT2D eigenvalue weighted by molar-refractivity contribution is 9.10. The Hall–Kier alpha value is -2.97. The van der Waals surface area contributed by atoms with E-state index in [1.54, 1.807) is 12.4 Å². The summed E-state index contributed by atoms with van der Waals surface area (Å²) in [7, 11) is 0. The van der Waals surface area contributed by atoms with Crippen LogP contribution >= 0.6 is 15.9 Å². The highest BCUT2D eigenvalue weighted by atomic mass is 79.9. The average molecular weight is 464 g/mol. The van der Waals surface area contributed by atoms with Crippen LogP contribution in [0.2, 0.25) is 0 Å². The molecule has 0 saturated carbocycles. The lowest BCUT2D eigenvalue weighted by Gasteiger charge is -2.34. The molecule has 1 aromatic carbocycles. The topological polar surface area (TPSA) is 75.6 Å². The fourth-order valence-electron chi connectivity index (χ4n) is 3.87. The highest BCUT2D eigenvalue weighted by Crippen LogP contribution is 2.28. The SMILES string of the molecule is Nc1ccc2nc(-c3ccc(Br)cc3)c(CN3CCN(c4ncccn4)CC3)n2c1. The van der Waals surface area contributed by atoms with E-state index in [2.05, 4.69) is 64.4 Å². The van der Waals surface area contributed by atoms with Crippen molar-refractivity contribution in [2.24, 2.45) is 0 Å². The highest BCUT2D eigenvalue weighted by Gasteiger charge is 2.22. The van der Waals surface area contributed by atoms with Gasteiger partial charge in [0, 0.05) is 67.0 Å². The van der Waals surface area contributed by atoms with Crippen LogP contribution in [0.3, 0.4) is 0 Å². The van der Waals surface area contributed by atoms with Gasteiger partial charge in [-0.3, -0.25) is 4.90 Å². The minimum absolute atomic E-state index is 0.731. The number of fused-ring (bicyclic) bond motifs is 1. The molecule has 1 saturated heterocycles. The van der Waals surface area contributed by atoms with E-state index < -0.39 is 0 Å². The lowest BCUT2D eigenvalue weighted by Crippen LogP contribution is -2.46. The molecule has 0 spiro atoms. The number of rotatable bonds is 4. The van der Waals surface area contributed by atoms with Crippen LogP contribution in [-0.2, 0) is 6.54 Å². The quantitative estimate of drug-likeness (QED) is 0.499. The predicted octanol–water partition coefficient (Wildman–Crippen LogP) is 3.46. The molecule has 0 atom stereocenters. The van der Waals surface area contributed by atoms with Gasteiger partial charge in [-0.2, -0.15) is 0 Å². The molecule has 0 aliphatic carbocycles. The second-order valence-corrected chi connectivity index (χ2v) is 8.33. The van der Waals surface area contributed by atoms with Crippen molar-refractivity contribution in [2.45, 2.75) is 6.54 Å². The minimum Gasteiger partial charge on any atom is -0.398 e. The van der Waals surface area contributed by atoms with Gasteiger partial charge in [0.1, 0.15) is 5.65 Å². The van der Waals surface area contributed by atoms with Gasteiger partial charge in [0.2, 0.25) is 5.95 Å². The maximum absolute atomic E-state index is 6.09. The number of nitrogens with zero attached hydrogens (tertiary/aromatic N) is 6. The third-order valence-corrected chi connectivity index (χ3v) is 5.97. The number of piperazine rings is 1. The summed E-state index contributed by atoms with van der Waals surface area (Å²) in [5.41, 5.74) is 11.0. The monoisotopic (exact) mass is 463 g/mol. The number of halogens is 1. The van der Waals surface area contributed by atoms with Crippen LogP contribution in [0.4, 0.5) is 11.6 Å². The molecule has 1 aliphatic rings. The van der Waals surface area contributed by atoms with E-state index in [4.69, 9.17) is 10.7 Å². The zero-order chi connectivity index (χ0) is 20.5. The largest absolute Gasteiger partial charge is 0.398 e. The number of pyridine rings is 1. The second kappa shape index (κ2) is 8.04. The van der Waals surface area contributed by atoms with Crippen LogP contribution in [0.5, 0.6) is 0 Å². The Balaban J connectivity index is 1.43. The van der Waals surface area contributed by atoms with Crippen molar-refractivity contribution in [2.75, 3.05) is 36.8 Å². The average Bonchev–Trinajstić information content (AvgIpc) is 3.13. The van der Waals surface area contributed by atoms with Gasteiger partial charge in [0.05, 0.1) is 11.4 Å². The van der Waals surface area contributed by atoms with Crippen molar-refractivity contribution in [1.29, 1.82) is 0 Å². The van der Waals surface area contributed by atoms with Gasteiger partial charge in [-0.1, -0.05) is 28.1 Å². The molecule has 5 rings (SSSR count). The molecule has 0 radical (unpaired) electrons. The molecule has 8 heteroatoms. The first-order valence-electron chi connectivity index (χ1n) is 9.94. The third kappa shape index (κ3) is 3.76. The van der Waals surface area contributed by atoms with E-state index in [9.17, 15) is 0 Å². The minimum atomic E-state index is 0.731. The summed E-state index contributed by atoms with van der Waals surface area (Å²) >= 11 is 3.52. The summed E-state index contributed by atoms with van der Waals surface area (Å²) in [6.45, 7) is 4.48. The normalized spacial score (nSPS) is 15.0. The number of nitrogen functional groups attached to an aromatic ring is 1. The first-order valence-corrected chi connectivity index (χ1v) is 10.7. The van der Waals surface area contributed by atoms with Gasteiger partial charge in [0.25, 0.3) is 0 Å². The molecule has 4 aromatic rings. The predicted molar refractivity (Wildman–Crippen MR) is 122 cm³/mol. The van der Waals surface area contributed by atoms with E-state index >= 15 is 0 Å². The Morgan fingerprint density at radius 1 is 0.933 bits per heavy atom. The zero-order valence-electron chi connectivity index (χ0n) is 16.4. The van der Waals surface area contributed by atoms with Gasteiger partial charge < -0.3 is 15.0 Å². The Morgan fingerprint density at radius 3 is 2.40 bits per heavy atom. The maximum atomic E-state index is 6.09. The van der Waals surface area contributed by atoms with Gasteiger partial charge in [0.15, 0.2) is 0 Å². The van der Waals surface area contributed by atoms with Crippen molar-refractivity contribution >= 4 is 33.2 Å². The molecule has 152 valence electrons. The van der Waals surface area contributed by atoms with E-state index in [1.165, 1.54) is 0 Å². The van der Waals surface area contributed by atoms with Crippen LogP contribution in [0.25, 0.3) is 16.9 Å². The van der Waals surface area contributed by atoms with Gasteiger partial charge in [-0.25, -0.2) is 15.0 Å². The summed E-state index contributed by atoms with van der Waals surface area (Å²) in [5, 5.41) is 0. The molecular weight excluding hydrogens is 442 g/mol. The smallest absolute Gasteiger partial charge is 0.225 e. The van der Waals surface area contributed by atoms with Crippen LogP contribution < -0.4 is 10.6 Å². The molecule has 4 heterocycles. The molecule has 0 amide bonds. The Labute approximate surface area is 183 Å². The fourth-order valence-corrected chi connectivity index (χ4v) is 4.14. The second-order valence-electron chi connectivity index (χ2n) is 7.42. The molecule has 3 aromatic heterocycles. The van der Waals surface area contributed by atoms with Crippen LogP contribution in [-0.4, -0.2) is 50.4 Å². The molecule has 1 fully saturated rings. The van der Waals surface area contributed by atoms with Crippen LogP contribution in [0.1, 0.15) is 5.69 Å². The fraction of sp³-hybridized carbons (Fsp3) is 0.227. The van der Waals surface area contributed by atoms with Crippen LogP contribution in [0, 0.1) is 0 Å². The van der Waals surface area contributed by atoms with E-state index in [0.29, 0.717) is 0 Å². The lowest BCUT2D eigenvalue weighted by molar-refractivity contribution is 0.246. The molecular formula is C22H22BrN7. The maximum Gasteiger partial charge on any atom is 0.225 e. The number of hydrogen-bond acceptors (Lipinski definition) is 6. The Kier molecular flexibility index (Phi) is 5.10. The molecule has 0 bridgehead atoms. The summed E-state index contributed by atoms with van der Waals surface area (Å²) < 4.78 is 3.18. The number of benzene rings is 1. The summed E-state index contributed by atoms with van der Waals surface area (Å²) in [4.78, 5) is 18.4. The first-order chi connectivity index (χ1) is 14.7. The number of nitrogens with two attached hydrogens (primary N) is 1. The lowest BCUT2D eigenvalue weighted by atomic mass is 10.1. The van der Waals surface area contributed by atoms with Gasteiger partial charge in [-0.15, -0.1) is 0 Å². The van der Waals surface area contributed by atoms with E-state index in [1.807, 2.05) is 24.4 Å². The molecule has 7 nitrogen and oxygen atoms in total. The number of aromatic nitrogens is 4. The molecule has 2 N–H and O–H groups in total. The standard InChI is InChI=1S/C22H22BrN7/c23-17-4-2-16(3-5-17)21-19(30-14-18(24)6-7-20(30)27-21)15-28-10-12-29(13-11-28)22-25-8-1-9-26-22/h1-9,14H,10-13,15,24H2. The zero-order valence-corrected chi connectivity index (χ0v) is 18.0. The molecule has 0 unspecified atom stereocenters. The summed E-state index contributed by atoms with van der Waals surface area (Å²) in [5.74, 6) is 0.801. The van der Waals surface area contributed by atoms with Gasteiger partial charge in [-0.05, 0) is 30.3 Å². The number of imidazole rings is 1. The van der Waals surface area contributed by atoms with E-state index in [0.717, 1.165) is 71.4 Å². The van der Waals surface area contributed by atoms with Gasteiger partial charge >= 0.3 is 0 Å². The number of hydrogen-bond donors (Lipinski definition) is 1. The summed E-state index contributed by atoms with van der Waals surface area (Å²) in [6, 6.07) is 14.0. The van der Waals surface area contributed by atoms with Crippen LogP contribution in [0.15, 0.2) is 65.5 Å². The van der Waals surface area contributed by atoms with E-state index in [-0.39, 0.29) is 0 Å². The Bertz CT molecular complexity index is 1150. The first kappa shape index (κ1) is 19.0. The van der Waals surface area contributed by atoms with Crippen molar-refractivity contribution < 1.29 is 0 Å². The van der Waals surface area contributed by atoms with Crippen molar-refractivity contribution in [3.8, 4) is 11.3 Å². The Morgan fingerprint density at radius 2 is 1.67 bits per heavy atom. The molecule has 30 heavy (non-hydrogen) atoms. The third-order valence-electron chi connectivity index (χ3n) is 5.44.